The summed E-state index contributed by atoms with van der Waals surface area (Å²) >= 11 is 0. The van der Waals surface area contributed by atoms with Gasteiger partial charge in [0.25, 0.3) is 0 Å². The van der Waals surface area contributed by atoms with Crippen LogP contribution in [-0.4, -0.2) is 48.9 Å². The van der Waals surface area contributed by atoms with Gasteiger partial charge in [-0.15, -0.1) is 0 Å². The van der Waals surface area contributed by atoms with Crippen molar-refractivity contribution in [3.63, 3.8) is 0 Å². The summed E-state index contributed by atoms with van der Waals surface area (Å²) in [5.74, 6) is 0.0265. The Balaban J connectivity index is 0.000000370. The predicted octanol–water partition coefficient (Wildman–Crippen LogP) is 0.402. The molecular formula is C14H24N4O2. The van der Waals surface area contributed by atoms with Crippen molar-refractivity contribution in [2.45, 2.75) is 20.4 Å². The van der Waals surface area contributed by atoms with Gasteiger partial charge in [-0.3, -0.25) is 14.6 Å². The predicted molar refractivity (Wildman–Crippen MR) is 79.0 cm³/mol. The monoisotopic (exact) mass is 280 g/mol. The number of rotatable bonds is 5. The van der Waals surface area contributed by atoms with Crippen LogP contribution in [0.2, 0.25) is 0 Å². The quantitative estimate of drug-likeness (QED) is 0.819. The molecule has 6 heteroatoms. The molecule has 0 aliphatic carbocycles. The number of nitrogens with zero attached hydrogens (tertiary/aromatic N) is 2. The average molecular weight is 280 g/mol. The summed E-state index contributed by atoms with van der Waals surface area (Å²) in [6.07, 6.45) is 3.41. The van der Waals surface area contributed by atoms with E-state index in [-0.39, 0.29) is 11.8 Å². The van der Waals surface area contributed by atoms with E-state index in [1.807, 2.05) is 31.1 Å². The van der Waals surface area contributed by atoms with Crippen LogP contribution < -0.4 is 10.6 Å². The molecule has 0 bridgehead atoms. The molecule has 2 N–H and O–H groups in total. The topological polar surface area (TPSA) is 74.3 Å². The normalized spacial score (nSPS) is 9.45. The molecule has 0 saturated carbocycles. The number of hydrogen-bond donors (Lipinski definition) is 2. The highest BCUT2D eigenvalue weighted by molar-refractivity contribution is 5.73. The highest BCUT2D eigenvalue weighted by Gasteiger charge is 1.91. The summed E-state index contributed by atoms with van der Waals surface area (Å²) in [4.78, 5) is 26.7. The first-order valence-corrected chi connectivity index (χ1v) is 6.44. The maximum atomic E-state index is 10.5. The van der Waals surface area contributed by atoms with Gasteiger partial charge in [0.2, 0.25) is 11.8 Å². The van der Waals surface area contributed by atoms with Crippen molar-refractivity contribution in [1.82, 2.24) is 20.5 Å². The fourth-order valence-electron chi connectivity index (χ4n) is 1.18. The van der Waals surface area contributed by atoms with Crippen LogP contribution in [0.25, 0.3) is 0 Å². The summed E-state index contributed by atoms with van der Waals surface area (Å²) in [5, 5.41) is 5.39. The van der Waals surface area contributed by atoms with Crippen LogP contribution >= 0.6 is 0 Å². The third-order valence-corrected chi connectivity index (χ3v) is 2.22. The number of amides is 2. The molecule has 1 aromatic rings. The molecule has 0 spiro atoms. The Morgan fingerprint density at radius 1 is 1.10 bits per heavy atom. The minimum Gasteiger partial charge on any atom is -0.355 e. The Bertz CT molecular complexity index is 393. The number of likely N-dealkylation sites (N-methyl/N-ethyl adjacent to an activating group) is 1. The van der Waals surface area contributed by atoms with Gasteiger partial charge < -0.3 is 15.5 Å². The SMILES string of the molecule is CC(=O)NCCN(C)C.CC(=O)NCc1ccncc1. The molecule has 0 atom stereocenters. The first-order valence-electron chi connectivity index (χ1n) is 6.44. The van der Waals surface area contributed by atoms with Crippen molar-refractivity contribution in [3.8, 4) is 0 Å². The largest absolute Gasteiger partial charge is 0.355 e. The molecule has 0 aromatic carbocycles. The Kier molecular flexibility index (Phi) is 9.86. The second kappa shape index (κ2) is 10.9. The van der Waals surface area contributed by atoms with Gasteiger partial charge in [-0.1, -0.05) is 0 Å². The molecule has 6 nitrogen and oxygen atoms in total. The third-order valence-electron chi connectivity index (χ3n) is 2.22. The van der Waals surface area contributed by atoms with E-state index < -0.39 is 0 Å². The summed E-state index contributed by atoms with van der Waals surface area (Å²) in [6, 6.07) is 3.74. The van der Waals surface area contributed by atoms with E-state index in [0.717, 1.165) is 18.7 Å². The highest BCUT2D eigenvalue weighted by atomic mass is 16.2. The number of carbonyl (C=O) groups excluding carboxylic acids is 2. The van der Waals surface area contributed by atoms with Gasteiger partial charge in [-0.25, -0.2) is 0 Å². The van der Waals surface area contributed by atoms with Crippen LogP contribution in [-0.2, 0) is 16.1 Å². The van der Waals surface area contributed by atoms with Crippen LogP contribution in [0.4, 0.5) is 0 Å². The Hall–Kier alpha value is -1.95. The number of nitrogens with one attached hydrogen (secondary N) is 2. The Morgan fingerprint density at radius 3 is 2.10 bits per heavy atom. The molecule has 0 saturated heterocycles. The first kappa shape index (κ1) is 18.0. The number of aromatic nitrogens is 1. The molecule has 0 aliphatic heterocycles. The van der Waals surface area contributed by atoms with Crippen LogP contribution in [0.1, 0.15) is 19.4 Å². The van der Waals surface area contributed by atoms with E-state index in [1.54, 1.807) is 12.4 Å². The van der Waals surface area contributed by atoms with Crippen molar-refractivity contribution < 1.29 is 9.59 Å². The van der Waals surface area contributed by atoms with Crippen molar-refractivity contribution in [3.05, 3.63) is 30.1 Å². The van der Waals surface area contributed by atoms with E-state index in [9.17, 15) is 9.59 Å². The third kappa shape index (κ3) is 12.5. The van der Waals surface area contributed by atoms with Crippen molar-refractivity contribution in [1.29, 1.82) is 0 Å². The summed E-state index contributed by atoms with van der Waals surface area (Å²) in [5.41, 5.74) is 1.07. The average Bonchev–Trinajstić information content (AvgIpc) is 2.37. The van der Waals surface area contributed by atoms with Gasteiger partial charge >= 0.3 is 0 Å². The molecule has 0 aliphatic rings. The van der Waals surface area contributed by atoms with E-state index in [4.69, 9.17) is 0 Å². The number of pyridine rings is 1. The van der Waals surface area contributed by atoms with E-state index >= 15 is 0 Å². The number of hydrogen-bond acceptors (Lipinski definition) is 4. The van der Waals surface area contributed by atoms with E-state index in [2.05, 4.69) is 15.6 Å². The smallest absolute Gasteiger partial charge is 0.217 e. The lowest BCUT2D eigenvalue weighted by atomic mass is 10.3. The van der Waals surface area contributed by atoms with Gasteiger partial charge in [-0.2, -0.15) is 0 Å². The molecule has 1 aromatic heterocycles. The lowest BCUT2D eigenvalue weighted by Crippen LogP contribution is -2.29. The van der Waals surface area contributed by atoms with Gasteiger partial charge in [0.15, 0.2) is 0 Å². The fourth-order valence-corrected chi connectivity index (χ4v) is 1.18. The Labute approximate surface area is 120 Å². The zero-order chi connectivity index (χ0) is 15.4. The van der Waals surface area contributed by atoms with Crippen LogP contribution in [0, 0.1) is 0 Å². The molecular weight excluding hydrogens is 256 g/mol. The fraction of sp³-hybridized carbons (Fsp3) is 0.500. The maximum absolute atomic E-state index is 10.5. The summed E-state index contributed by atoms with van der Waals surface area (Å²) < 4.78 is 0. The molecule has 1 heterocycles. The maximum Gasteiger partial charge on any atom is 0.217 e. The molecule has 0 unspecified atom stereocenters. The highest BCUT2D eigenvalue weighted by Crippen LogP contribution is 1.93. The molecule has 20 heavy (non-hydrogen) atoms. The number of carbonyl (C=O) groups is 2. The minimum absolute atomic E-state index is 0.0122. The van der Waals surface area contributed by atoms with Crippen molar-refractivity contribution in [2.75, 3.05) is 27.2 Å². The standard InChI is InChI=1S/C8H10N2O.C6H14N2O/c1-7(11)10-6-8-2-4-9-5-3-8;1-6(9)7-4-5-8(2)3/h2-5H,6H2,1H3,(H,10,11);4-5H2,1-3H3,(H,7,9). The second-order valence-corrected chi connectivity index (χ2v) is 4.55. The van der Waals surface area contributed by atoms with Crippen LogP contribution in [0.5, 0.6) is 0 Å². The Morgan fingerprint density at radius 2 is 1.65 bits per heavy atom. The summed E-state index contributed by atoms with van der Waals surface area (Å²) in [7, 11) is 3.95. The molecule has 2 amide bonds. The van der Waals surface area contributed by atoms with Crippen molar-refractivity contribution >= 4 is 11.8 Å². The molecule has 112 valence electrons. The molecule has 0 radical (unpaired) electrons. The van der Waals surface area contributed by atoms with Crippen molar-refractivity contribution in [2.24, 2.45) is 0 Å². The van der Waals surface area contributed by atoms with Gasteiger partial charge in [0.05, 0.1) is 0 Å². The van der Waals surface area contributed by atoms with E-state index in [1.165, 1.54) is 13.8 Å². The minimum atomic E-state index is -0.0122. The van der Waals surface area contributed by atoms with Crippen LogP contribution in [0.15, 0.2) is 24.5 Å². The van der Waals surface area contributed by atoms with Gasteiger partial charge in [0, 0.05) is 45.9 Å². The van der Waals surface area contributed by atoms with Gasteiger partial charge in [0.1, 0.15) is 0 Å². The first-order chi connectivity index (χ1) is 9.41. The zero-order valence-electron chi connectivity index (χ0n) is 12.6. The van der Waals surface area contributed by atoms with Gasteiger partial charge in [-0.05, 0) is 31.8 Å². The zero-order valence-corrected chi connectivity index (χ0v) is 12.6. The molecule has 1 rings (SSSR count). The molecule has 0 fully saturated rings. The van der Waals surface area contributed by atoms with Crippen LogP contribution in [0.3, 0.4) is 0 Å². The summed E-state index contributed by atoms with van der Waals surface area (Å²) in [6.45, 7) is 5.25. The van der Waals surface area contributed by atoms with E-state index in [0.29, 0.717) is 6.54 Å². The lowest BCUT2D eigenvalue weighted by molar-refractivity contribution is -0.119. The second-order valence-electron chi connectivity index (χ2n) is 4.55. The lowest BCUT2D eigenvalue weighted by Gasteiger charge is -2.08.